The van der Waals surface area contributed by atoms with Gasteiger partial charge in [-0.05, 0) is 31.0 Å². The van der Waals surface area contributed by atoms with Crippen LogP contribution < -0.4 is 4.72 Å². The number of ether oxygens (including phenoxy) is 3. The van der Waals surface area contributed by atoms with Crippen molar-refractivity contribution in [2.45, 2.75) is 158 Å². The molecule has 1 aliphatic rings. The Labute approximate surface area is 299 Å². The van der Waals surface area contributed by atoms with E-state index < -0.39 is 72.2 Å². The molecule has 0 aliphatic carbocycles. The maximum Gasteiger partial charge on any atom is 0.240 e. The van der Waals surface area contributed by atoms with Gasteiger partial charge in [-0.25, -0.2) is 13.1 Å². The van der Waals surface area contributed by atoms with E-state index >= 15 is 0 Å². The monoisotopic (exact) mass is 723 g/mol. The number of aliphatic hydroxyl groups excluding tert-OH is 5. The van der Waals surface area contributed by atoms with Gasteiger partial charge in [-0.15, -0.1) is 0 Å². The molecule has 0 aromatic heterocycles. The predicted octanol–water partition coefficient (Wildman–Crippen LogP) is 4.50. The van der Waals surface area contributed by atoms with Crippen LogP contribution in [0.3, 0.4) is 0 Å². The molecule has 1 saturated heterocycles. The zero-order valence-electron chi connectivity index (χ0n) is 29.8. The van der Waals surface area contributed by atoms with E-state index in [2.05, 4.69) is 11.6 Å². The van der Waals surface area contributed by atoms with Gasteiger partial charge >= 0.3 is 0 Å². The zero-order chi connectivity index (χ0) is 36.4. The molecule has 11 nitrogen and oxygen atoms in total. The van der Waals surface area contributed by atoms with Gasteiger partial charge in [-0.1, -0.05) is 132 Å². The summed E-state index contributed by atoms with van der Waals surface area (Å²) in [5.74, 6) is 0. The Balaban J connectivity index is 1.59. The van der Waals surface area contributed by atoms with Gasteiger partial charge in [0.05, 0.1) is 43.0 Å². The summed E-state index contributed by atoms with van der Waals surface area (Å²) in [6.45, 7) is 3.03. The van der Waals surface area contributed by atoms with Crippen molar-refractivity contribution in [3.8, 4) is 0 Å². The number of hydrogen-bond donors (Lipinski definition) is 6. The van der Waals surface area contributed by atoms with Gasteiger partial charge in [0.1, 0.15) is 24.4 Å². The van der Waals surface area contributed by atoms with Crippen molar-refractivity contribution >= 4 is 10.0 Å². The Bertz CT molecular complexity index is 1280. The third-order valence-electron chi connectivity index (χ3n) is 9.34. The smallest absolute Gasteiger partial charge is 0.240 e. The summed E-state index contributed by atoms with van der Waals surface area (Å²) in [5, 5.41) is 53.9. The maximum atomic E-state index is 13.4. The van der Waals surface area contributed by atoms with Crippen LogP contribution in [0.1, 0.15) is 102 Å². The van der Waals surface area contributed by atoms with Crippen molar-refractivity contribution in [1.29, 1.82) is 0 Å². The number of aryl methyl sites for hydroxylation is 1. The second-order valence-electron chi connectivity index (χ2n) is 13.6. The lowest BCUT2D eigenvalue weighted by Gasteiger charge is -2.42. The number of benzene rings is 2. The highest BCUT2D eigenvalue weighted by Crippen LogP contribution is 2.26. The SMILES string of the molecule is CCCCCCCCCCCCCC[C@@H](O)[C@@H](O)[C@H](CO[C@@H]1OC(CO)[C@H](O)[C@H](OCc2ccccc2)C1O)NS(=O)(=O)c1ccc(C)cc1. The van der Waals surface area contributed by atoms with E-state index in [4.69, 9.17) is 14.2 Å². The minimum absolute atomic E-state index is 0.0254. The van der Waals surface area contributed by atoms with Gasteiger partial charge in [-0.2, -0.15) is 0 Å². The van der Waals surface area contributed by atoms with Crippen LogP contribution in [-0.4, -0.2) is 96.1 Å². The molecule has 0 radical (unpaired) electrons. The first-order chi connectivity index (χ1) is 24.1. The summed E-state index contributed by atoms with van der Waals surface area (Å²) in [5.41, 5.74) is 1.67. The standard InChI is InChI=1S/C38H61NO10S/c1-3-4-5-6-7-8-9-10-11-12-13-17-20-32(41)34(42)31(39-50(45,46)30-23-21-28(2)22-24-30)27-48-38-36(44)37(35(43)33(25-40)49-38)47-26-29-18-15-14-16-19-29/h14-16,18-19,21-24,31-44H,3-13,17,20,25-27H2,1-2H3/t31-,32+,33?,34-,35-,36?,37-,38+/m0/s1. The lowest BCUT2D eigenvalue weighted by molar-refractivity contribution is -0.311. The minimum atomic E-state index is -4.15. The van der Waals surface area contributed by atoms with Gasteiger partial charge in [0.2, 0.25) is 10.0 Å². The summed E-state index contributed by atoms with van der Waals surface area (Å²) >= 11 is 0. The molecule has 1 heterocycles. The van der Waals surface area contributed by atoms with Crippen molar-refractivity contribution in [2.75, 3.05) is 13.2 Å². The maximum absolute atomic E-state index is 13.4. The Morgan fingerprint density at radius 2 is 1.38 bits per heavy atom. The van der Waals surface area contributed by atoms with Gasteiger partial charge in [0.15, 0.2) is 6.29 Å². The van der Waals surface area contributed by atoms with Crippen molar-refractivity contribution in [3.05, 3.63) is 65.7 Å². The van der Waals surface area contributed by atoms with Crippen LogP contribution in [0.15, 0.2) is 59.5 Å². The van der Waals surface area contributed by atoms with Gasteiger partial charge < -0.3 is 39.7 Å². The summed E-state index contributed by atoms with van der Waals surface area (Å²) < 4.78 is 46.5. The summed E-state index contributed by atoms with van der Waals surface area (Å²) in [7, 11) is -4.15. The Hall–Kier alpha value is -1.97. The van der Waals surface area contributed by atoms with Crippen LogP contribution in [0, 0.1) is 6.92 Å². The topological polar surface area (TPSA) is 175 Å². The highest BCUT2D eigenvalue weighted by molar-refractivity contribution is 7.89. The van der Waals surface area contributed by atoms with Crippen LogP contribution in [0.2, 0.25) is 0 Å². The molecule has 3 rings (SSSR count). The first-order valence-electron chi connectivity index (χ1n) is 18.4. The van der Waals surface area contributed by atoms with Crippen molar-refractivity contribution in [2.24, 2.45) is 0 Å². The summed E-state index contributed by atoms with van der Waals surface area (Å²) in [6, 6.07) is 14.0. The normalized spacial score (nSPS) is 23.1. The number of sulfonamides is 1. The fourth-order valence-corrected chi connectivity index (χ4v) is 7.41. The molecule has 50 heavy (non-hydrogen) atoms. The second kappa shape index (κ2) is 22.9. The van der Waals surface area contributed by atoms with E-state index in [9.17, 15) is 34.0 Å². The molecule has 284 valence electrons. The van der Waals surface area contributed by atoms with E-state index in [1.807, 2.05) is 37.3 Å². The highest BCUT2D eigenvalue weighted by Gasteiger charge is 2.46. The number of rotatable bonds is 25. The molecule has 12 heteroatoms. The van der Waals surface area contributed by atoms with Crippen LogP contribution in [0.5, 0.6) is 0 Å². The Kier molecular flexibility index (Phi) is 19.4. The molecule has 6 N–H and O–H groups in total. The van der Waals surface area contributed by atoms with Gasteiger partial charge in [0.25, 0.3) is 0 Å². The van der Waals surface area contributed by atoms with E-state index in [-0.39, 0.29) is 17.9 Å². The van der Waals surface area contributed by atoms with Crippen molar-refractivity contribution in [3.63, 3.8) is 0 Å². The van der Waals surface area contributed by atoms with Crippen LogP contribution in [-0.2, 0) is 30.8 Å². The molecular weight excluding hydrogens is 662 g/mol. The van der Waals surface area contributed by atoms with Gasteiger partial charge in [-0.3, -0.25) is 0 Å². The Morgan fingerprint density at radius 1 is 0.800 bits per heavy atom. The Morgan fingerprint density at radius 3 is 1.96 bits per heavy atom. The third kappa shape index (κ3) is 14.2. The van der Waals surface area contributed by atoms with Crippen LogP contribution in [0.25, 0.3) is 0 Å². The quantitative estimate of drug-likeness (QED) is 0.0801. The summed E-state index contributed by atoms with van der Waals surface area (Å²) in [4.78, 5) is -0.0254. The van der Waals surface area contributed by atoms with E-state index in [1.165, 1.54) is 63.5 Å². The van der Waals surface area contributed by atoms with E-state index in [0.29, 0.717) is 6.42 Å². The van der Waals surface area contributed by atoms with Crippen LogP contribution >= 0.6 is 0 Å². The zero-order valence-corrected chi connectivity index (χ0v) is 30.6. The number of nitrogens with one attached hydrogen (secondary N) is 1. The number of aliphatic hydroxyl groups is 5. The highest BCUT2D eigenvalue weighted by atomic mass is 32.2. The second-order valence-corrected chi connectivity index (χ2v) is 15.3. The minimum Gasteiger partial charge on any atom is -0.394 e. The first kappa shape index (κ1) is 42.4. The first-order valence-corrected chi connectivity index (χ1v) is 19.9. The molecule has 0 saturated carbocycles. The fourth-order valence-electron chi connectivity index (χ4n) is 6.17. The number of unbranched alkanes of at least 4 members (excludes halogenated alkanes) is 11. The molecule has 1 aliphatic heterocycles. The lowest BCUT2D eigenvalue weighted by atomic mass is 9.98. The van der Waals surface area contributed by atoms with Gasteiger partial charge in [0, 0.05) is 0 Å². The molecule has 2 aromatic rings. The average molecular weight is 724 g/mol. The van der Waals surface area contributed by atoms with Crippen LogP contribution in [0.4, 0.5) is 0 Å². The molecule has 1 fully saturated rings. The largest absolute Gasteiger partial charge is 0.394 e. The molecule has 0 spiro atoms. The molecule has 0 amide bonds. The molecule has 0 bridgehead atoms. The molecular formula is C38H61NO10S. The fraction of sp³-hybridized carbons (Fsp3) is 0.684. The van der Waals surface area contributed by atoms with Crippen molar-refractivity contribution in [1.82, 2.24) is 4.72 Å². The third-order valence-corrected chi connectivity index (χ3v) is 10.9. The summed E-state index contributed by atoms with van der Waals surface area (Å²) in [6.07, 6.45) is 4.62. The van der Waals surface area contributed by atoms with Crippen molar-refractivity contribution < 1.29 is 48.2 Å². The van der Waals surface area contributed by atoms with E-state index in [0.717, 1.165) is 30.4 Å². The molecule has 8 atom stereocenters. The molecule has 2 aromatic carbocycles. The number of hydrogen-bond acceptors (Lipinski definition) is 10. The van der Waals surface area contributed by atoms with E-state index in [1.54, 1.807) is 12.1 Å². The lowest BCUT2D eigenvalue weighted by Crippen LogP contribution is -2.61. The predicted molar refractivity (Wildman–Crippen MR) is 192 cm³/mol. The average Bonchev–Trinajstić information content (AvgIpc) is 3.11. The molecule has 2 unspecified atom stereocenters.